The third-order valence-electron chi connectivity index (χ3n) is 6.36. The van der Waals surface area contributed by atoms with Gasteiger partial charge in [-0.3, -0.25) is 0 Å². The number of nitriles is 1. The number of sulfonamides is 1. The Morgan fingerprint density at radius 3 is 2.75 bits per heavy atom. The van der Waals surface area contributed by atoms with Crippen molar-refractivity contribution < 1.29 is 31.4 Å². The van der Waals surface area contributed by atoms with Crippen molar-refractivity contribution in [1.82, 2.24) is 19.3 Å². The molecular weight excluding hydrogens is 501 g/mol. The first kappa shape index (κ1) is 26.1. The molecule has 2 N–H and O–H groups in total. The van der Waals surface area contributed by atoms with Crippen LogP contribution in [0.15, 0.2) is 35.6 Å². The highest BCUT2D eigenvalue weighted by Gasteiger charge is 2.49. The quantitative estimate of drug-likeness (QED) is 0.580. The summed E-state index contributed by atoms with van der Waals surface area (Å²) in [7, 11) is -3.96. The smallest absolute Gasteiger partial charge is 0.260 e. The van der Waals surface area contributed by atoms with Gasteiger partial charge in [0, 0.05) is 25.7 Å². The number of nitrogens with one attached hydrogen (secondary N) is 1. The molecule has 1 saturated carbocycles. The molecular formula is C22H25F3N6O4S. The van der Waals surface area contributed by atoms with Gasteiger partial charge in [-0.2, -0.15) is 14.6 Å². The highest BCUT2D eigenvalue weighted by molar-refractivity contribution is 7.89. The third kappa shape index (κ3) is 5.53. The van der Waals surface area contributed by atoms with Crippen molar-refractivity contribution in [2.45, 2.75) is 67.5 Å². The molecule has 0 amide bonds. The summed E-state index contributed by atoms with van der Waals surface area (Å²) in [4.78, 5) is 11.9. The van der Waals surface area contributed by atoms with Crippen LogP contribution in [0.2, 0.25) is 0 Å². The Kier molecular flexibility index (Phi) is 7.09. The lowest BCUT2D eigenvalue weighted by Crippen LogP contribution is -2.51. The average Bonchev–Trinajstić information content (AvgIpc) is 2.84. The minimum Gasteiger partial charge on any atom is -0.470 e. The van der Waals surface area contributed by atoms with Gasteiger partial charge in [-0.15, -0.1) is 0 Å². The molecule has 2 fully saturated rings. The number of nitrogens with zero attached hydrogens (tertiary/aromatic N) is 5. The normalized spacial score (nSPS) is 28.7. The van der Waals surface area contributed by atoms with Crippen LogP contribution in [0.25, 0.3) is 0 Å². The van der Waals surface area contributed by atoms with Crippen LogP contribution in [0.4, 0.5) is 19.1 Å². The number of aliphatic hydroxyl groups is 1. The summed E-state index contributed by atoms with van der Waals surface area (Å²) in [5.74, 6) is -3.48. The van der Waals surface area contributed by atoms with Crippen molar-refractivity contribution in [2.75, 3.05) is 18.4 Å². The van der Waals surface area contributed by atoms with Gasteiger partial charge in [0.2, 0.25) is 11.8 Å². The summed E-state index contributed by atoms with van der Waals surface area (Å²) in [6.07, 6.45) is -1.88. The molecule has 0 spiro atoms. The second-order valence-electron chi connectivity index (χ2n) is 9.13. The number of hydrogen-bond donors (Lipinski definition) is 2. The predicted molar refractivity (Wildman–Crippen MR) is 121 cm³/mol. The summed E-state index contributed by atoms with van der Waals surface area (Å²) in [5.41, 5.74) is -1.71. The van der Waals surface area contributed by atoms with E-state index in [1.165, 1.54) is 25.3 Å². The molecule has 14 heteroatoms. The number of piperidine rings is 1. The maximum atomic E-state index is 15.0. The lowest BCUT2D eigenvalue weighted by atomic mass is 9.81. The number of ether oxygens (including phenoxy) is 1. The highest BCUT2D eigenvalue weighted by atomic mass is 32.2. The number of anilines is 1. The molecule has 4 rings (SSSR count). The van der Waals surface area contributed by atoms with Gasteiger partial charge >= 0.3 is 0 Å². The Morgan fingerprint density at radius 2 is 2.08 bits per heavy atom. The molecule has 36 heavy (non-hydrogen) atoms. The fourth-order valence-corrected chi connectivity index (χ4v) is 5.54. The number of alkyl halides is 3. The summed E-state index contributed by atoms with van der Waals surface area (Å²) in [6.45, 7) is 0.965. The lowest BCUT2D eigenvalue weighted by molar-refractivity contribution is -0.155. The first-order valence-electron chi connectivity index (χ1n) is 11.3. The Bertz CT molecular complexity index is 1240. The van der Waals surface area contributed by atoms with E-state index in [-0.39, 0.29) is 41.8 Å². The van der Waals surface area contributed by atoms with E-state index in [0.717, 1.165) is 10.5 Å². The number of pyridine rings is 1. The van der Waals surface area contributed by atoms with Crippen molar-refractivity contribution in [3.05, 3.63) is 36.2 Å². The van der Waals surface area contributed by atoms with Crippen LogP contribution < -0.4 is 10.1 Å². The van der Waals surface area contributed by atoms with E-state index in [0.29, 0.717) is 0 Å². The standard InChI is InChI=1S/C22H25F3N6O4S/c1-21(32)6-7-22(24,25)10-17(21)35-19-14(11-26)12-28-20(30-19)29-16-5-9-31(13-15(16)23)36(33,34)18-4-2-3-8-27-18/h2-4,8,12,15-17,32H,5-7,9-10,13H2,1H3,(H,28,29,30). The molecule has 1 aliphatic heterocycles. The van der Waals surface area contributed by atoms with Crippen molar-refractivity contribution in [3.8, 4) is 11.9 Å². The van der Waals surface area contributed by atoms with Gasteiger partial charge in [0.25, 0.3) is 15.9 Å². The van der Waals surface area contributed by atoms with Crippen molar-refractivity contribution in [1.29, 1.82) is 5.26 Å². The van der Waals surface area contributed by atoms with Gasteiger partial charge < -0.3 is 15.2 Å². The van der Waals surface area contributed by atoms with E-state index in [4.69, 9.17) is 4.74 Å². The SMILES string of the molecule is CC1(O)CCC(F)(F)CC1Oc1nc(NC2CCN(S(=O)(=O)c3ccccn3)CC2F)ncc1C#N. The first-order valence-corrected chi connectivity index (χ1v) is 12.7. The number of halogens is 3. The number of hydrogen-bond acceptors (Lipinski definition) is 9. The van der Waals surface area contributed by atoms with Crippen LogP contribution in [0, 0.1) is 11.3 Å². The van der Waals surface area contributed by atoms with Gasteiger partial charge in [-0.05, 0) is 31.9 Å². The molecule has 0 bridgehead atoms. The van der Waals surface area contributed by atoms with Gasteiger partial charge in [-0.1, -0.05) is 6.07 Å². The zero-order valence-corrected chi connectivity index (χ0v) is 20.1. The Labute approximate surface area is 206 Å². The fraction of sp³-hybridized carbons (Fsp3) is 0.545. The van der Waals surface area contributed by atoms with E-state index >= 15 is 0 Å². The summed E-state index contributed by atoms with van der Waals surface area (Å²) in [6, 6.07) is 5.38. The van der Waals surface area contributed by atoms with E-state index in [1.54, 1.807) is 6.07 Å². The van der Waals surface area contributed by atoms with Crippen LogP contribution in [-0.4, -0.2) is 75.7 Å². The van der Waals surface area contributed by atoms with Crippen LogP contribution in [0.3, 0.4) is 0 Å². The fourth-order valence-electron chi connectivity index (χ4n) is 4.15. The number of aromatic nitrogens is 3. The molecule has 2 aliphatic rings. The molecule has 1 saturated heterocycles. The largest absolute Gasteiger partial charge is 0.470 e. The minimum atomic E-state index is -3.96. The van der Waals surface area contributed by atoms with E-state index in [9.17, 15) is 32.0 Å². The van der Waals surface area contributed by atoms with E-state index in [2.05, 4.69) is 20.3 Å². The Morgan fingerprint density at radius 1 is 1.31 bits per heavy atom. The van der Waals surface area contributed by atoms with E-state index in [1.807, 2.05) is 6.07 Å². The third-order valence-corrected chi connectivity index (χ3v) is 8.14. The van der Waals surface area contributed by atoms with Crippen LogP contribution in [0.5, 0.6) is 5.88 Å². The van der Waals surface area contributed by atoms with Crippen LogP contribution in [-0.2, 0) is 10.0 Å². The highest BCUT2D eigenvalue weighted by Crippen LogP contribution is 2.40. The van der Waals surface area contributed by atoms with Crippen molar-refractivity contribution >= 4 is 16.0 Å². The topological polar surface area (TPSA) is 141 Å². The predicted octanol–water partition coefficient (Wildman–Crippen LogP) is 2.27. The monoisotopic (exact) mass is 526 g/mol. The second-order valence-corrected chi connectivity index (χ2v) is 11.0. The molecule has 2 aromatic heterocycles. The zero-order valence-electron chi connectivity index (χ0n) is 19.3. The molecule has 4 atom stereocenters. The molecule has 3 heterocycles. The van der Waals surface area contributed by atoms with Gasteiger partial charge in [0.15, 0.2) is 5.03 Å². The zero-order chi connectivity index (χ0) is 26.1. The molecule has 10 nitrogen and oxygen atoms in total. The molecule has 0 radical (unpaired) electrons. The van der Waals surface area contributed by atoms with Gasteiger partial charge in [0.1, 0.15) is 23.9 Å². The minimum absolute atomic E-state index is 0.0106. The van der Waals surface area contributed by atoms with Crippen LogP contribution >= 0.6 is 0 Å². The van der Waals surface area contributed by atoms with Gasteiger partial charge in [0.05, 0.1) is 24.3 Å². The van der Waals surface area contributed by atoms with Gasteiger partial charge in [-0.25, -0.2) is 31.6 Å². The molecule has 1 aliphatic carbocycles. The lowest BCUT2D eigenvalue weighted by Gasteiger charge is -2.40. The van der Waals surface area contributed by atoms with Crippen LogP contribution in [0.1, 0.15) is 38.2 Å². The average molecular weight is 527 g/mol. The maximum absolute atomic E-state index is 15.0. The Balaban J connectivity index is 1.47. The van der Waals surface area contributed by atoms with Crippen molar-refractivity contribution in [2.24, 2.45) is 0 Å². The number of rotatable bonds is 6. The van der Waals surface area contributed by atoms with E-state index < -0.39 is 59.3 Å². The molecule has 194 valence electrons. The maximum Gasteiger partial charge on any atom is 0.260 e. The second kappa shape index (κ2) is 9.79. The first-order chi connectivity index (χ1) is 16.9. The molecule has 0 aromatic carbocycles. The summed E-state index contributed by atoms with van der Waals surface area (Å²) in [5, 5.41) is 22.5. The molecule has 4 unspecified atom stereocenters. The van der Waals surface area contributed by atoms with Crippen molar-refractivity contribution in [3.63, 3.8) is 0 Å². The molecule has 2 aromatic rings. The Hall–Kier alpha value is -3.02. The summed E-state index contributed by atoms with van der Waals surface area (Å²) < 4.78 is 74.9. The summed E-state index contributed by atoms with van der Waals surface area (Å²) >= 11 is 0.